The SMILES string of the molecule is Cc1ccc(C(=O)N2CC=CCC2)cc1Br. The number of nitrogens with zero attached hydrogens (tertiary/aromatic N) is 1. The Hall–Kier alpha value is -1.09. The summed E-state index contributed by atoms with van der Waals surface area (Å²) >= 11 is 3.45. The van der Waals surface area contributed by atoms with Crippen molar-refractivity contribution in [3.05, 3.63) is 46.0 Å². The molecule has 2 nitrogen and oxygen atoms in total. The van der Waals surface area contributed by atoms with E-state index in [4.69, 9.17) is 0 Å². The van der Waals surface area contributed by atoms with E-state index in [0.717, 1.165) is 35.1 Å². The van der Waals surface area contributed by atoms with Gasteiger partial charge < -0.3 is 4.90 Å². The highest BCUT2D eigenvalue weighted by atomic mass is 79.9. The van der Waals surface area contributed by atoms with Gasteiger partial charge in [-0.05, 0) is 31.0 Å². The molecule has 0 aliphatic carbocycles. The molecule has 0 saturated carbocycles. The zero-order valence-corrected chi connectivity index (χ0v) is 10.8. The maximum absolute atomic E-state index is 12.1. The van der Waals surface area contributed by atoms with E-state index in [-0.39, 0.29) is 5.91 Å². The van der Waals surface area contributed by atoms with Gasteiger partial charge in [-0.1, -0.05) is 34.1 Å². The van der Waals surface area contributed by atoms with Crippen molar-refractivity contribution in [3.63, 3.8) is 0 Å². The third kappa shape index (κ3) is 2.35. The number of hydrogen-bond acceptors (Lipinski definition) is 1. The average molecular weight is 280 g/mol. The number of amides is 1. The Morgan fingerprint density at radius 3 is 2.81 bits per heavy atom. The van der Waals surface area contributed by atoms with Crippen LogP contribution in [0.3, 0.4) is 0 Å². The van der Waals surface area contributed by atoms with Crippen LogP contribution in [0.1, 0.15) is 22.3 Å². The van der Waals surface area contributed by atoms with E-state index in [1.807, 2.05) is 36.1 Å². The summed E-state index contributed by atoms with van der Waals surface area (Å²) in [5.41, 5.74) is 1.91. The van der Waals surface area contributed by atoms with Gasteiger partial charge in [-0.25, -0.2) is 0 Å². The first-order valence-electron chi connectivity index (χ1n) is 5.39. The summed E-state index contributed by atoms with van der Waals surface area (Å²) in [7, 11) is 0. The fourth-order valence-corrected chi connectivity index (χ4v) is 2.11. The lowest BCUT2D eigenvalue weighted by Crippen LogP contribution is -2.33. The second-order valence-electron chi connectivity index (χ2n) is 3.98. The van der Waals surface area contributed by atoms with Gasteiger partial charge in [-0.15, -0.1) is 0 Å². The van der Waals surface area contributed by atoms with E-state index in [1.54, 1.807) is 0 Å². The van der Waals surface area contributed by atoms with Crippen molar-refractivity contribution >= 4 is 21.8 Å². The monoisotopic (exact) mass is 279 g/mol. The molecule has 1 aliphatic heterocycles. The molecule has 2 rings (SSSR count). The van der Waals surface area contributed by atoms with E-state index in [1.165, 1.54) is 0 Å². The summed E-state index contributed by atoms with van der Waals surface area (Å²) in [4.78, 5) is 14.0. The van der Waals surface area contributed by atoms with Crippen LogP contribution in [0.2, 0.25) is 0 Å². The topological polar surface area (TPSA) is 20.3 Å². The molecule has 0 fully saturated rings. The number of hydrogen-bond donors (Lipinski definition) is 0. The maximum Gasteiger partial charge on any atom is 0.254 e. The zero-order chi connectivity index (χ0) is 11.5. The van der Waals surface area contributed by atoms with Crippen molar-refractivity contribution in [2.75, 3.05) is 13.1 Å². The summed E-state index contributed by atoms with van der Waals surface area (Å²) in [6.07, 6.45) is 5.12. The fraction of sp³-hybridized carbons (Fsp3) is 0.308. The molecule has 1 heterocycles. The van der Waals surface area contributed by atoms with Gasteiger partial charge in [0.05, 0.1) is 0 Å². The van der Waals surface area contributed by atoms with Crippen LogP contribution in [0.4, 0.5) is 0 Å². The molecule has 0 atom stereocenters. The molecule has 0 radical (unpaired) electrons. The van der Waals surface area contributed by atoms with E-state index >= 15 is 0 Å². The summed E-state index contributed by atoms with van der Waals surface area (Å²) in [6.45, 7) is 3.56. The summed E-state index contributed by atoms with van der Waals surface area (Å²) in [5, 5.41) is 0. The number of halogens is 1. The zero-order valence-electron chi connectivity index (χ0n) is 9.24. The van der Waals surface area contributed by atoms with Gasteiger partial charge in [-0.2, -0.15) is 0 Å². The number of aryl methyl sites for hydroxylation is 1. The number of carbonyl (C=O) groups is 1. The molecule has 0 bridgehead atoms. The Bertz CT molecular complexity index is 440. The van der Waals surface area contributed by atoms with Gasteiger partial charge >= 0.3 is 0 Å². The number of benzene rings is 1. The Labute approximate surface area is 104 Å². The smallest absolute Gasteiger partial charge is 0.254 e. The predicted octanol–water partition coefficient (Wildman–Crippen LogP) is 3.16. The molecule has 1 amide bonds. The highest BCUT2D eigenvalue weighted by Gasteiger charge is 2.16. The Morgan fingerprint density at radius 2 is 2.19 bits per heavy atom. The van der Waals surface area contributed by atoms with Crippen molar-refractivity contribution in [1.82, 2.24) is 4.90 Å². The highest BCUT2D eigenvalue weighted by molar-refractivity contribution is 9.10. The highest BCUT2D eigenvalue weighted by Crippen LogP contribution is 2.19. The lowest BCUT2D eigenvalue weighted by molar-refractivity contribution is 0.0771. The Kier molecular flexibility index (Phi) is 3.44. The quantitative estimate of drug-likeness (QED) is 0.724. The molecular formula is C13H14BrNO. The van der Waals surface area contributed by atoms with Crippen molar-refractivity contribution in [2.24, 2.45) is 0 Å². The molecule has 1 aromatic carbocycles. The van der Waals surface area contributed by atoms with Crippen LogP contribution in [0, 0.1) is 6.92 Å². The van der Waals surface area contributed by atoms with Gasteiger partial charge in [0.25, 0.3) is 5.91 Å². The van der Waals surface area contributed by atoms with Crippen LogP contribution < -0.4 is 0 Å². The van der Waals surface area contributed by atoms with Crippen molar-refractivity contribution in [1.29, 1.82) is 0 Å². The first-order chi connectivity index (χ1) is 7.68. The maximum atomic E-state index is 12.1. The molecule has 0 spiro atoms. The molecule has 0 saturated heterocycles. The van der Waals surface area contributed by atoms with Crippen LogP contribution in [0.5, 0.6) is 0 Å². The van der Waals surface area contributed by atoms with Crippen molar-refractivity contribution in [3.8, 4) is 0 Å². The first kappa shape index (κ1) is 11.4. The summed E-state index contributed by atoms with van der Waals surface area (Å²) < 4.78 is 0.992. The van der Waals surface area contributed by atoms with E-state index in [2.05, 4.69) is 22.0 Å². The largest absolute Gasteiger partial charge is 0.335 e. The van der Waals surface area contributed by atoms with Gasteiger partial charge in [0.1, 0.15) is 0 Å². The molecule has 0 unspecified atom stereocenters. The molecule has 3 heteroatoms. The second kappa shape index (κ2) is 4.83. The molecule has 0 aromatic heterocycles. The third-order valence-corrected chi connectivity index (χ3v) is 3.62. The molecular weight excluding hydrogens is 266 g/mol. The van der Waals surface area contributed by atoms with Crippen LogP contribution >= 0.6 is 15.9 Å². The third-order valence-electron chi connectivity index (χ3n) is 2.76. The first-order valence-corrected chi connectivity index (χ1v) is 6.18. The molecule has 1 aromatic rings. The number of rotatable bonds is 1. The van der Waals surface area contributed by atoms with Crippen molar-refractivity contribution < 1.29 is 4.79 Å². The van der Waals surface area contributed by atoms with E-state index in [0.29, 0.717) is 0 Å². The van der Waals surface area contributed by atoms with Gasteiger partial charge in [0.15, 0.2) is 0 Å². The molecule has 16 heavy (non-hydrogen) atoms. The summed E-state index contributed by atoms with van der Waals surface area (Å²) in [5.74, 6) is 0.116. The van der Waals surface area contributed by atoms with Crippen LogP contribution in [0.25, 0.3) is 0 Å². The van der Waals surface area contributed by atoms with E-state index in [9.17, 15) is 4.79 Å². The molecule has 1 aliphatic rings. The minimum absolute atomic E-state index is 0.116. The van der Waals surface area contributed by atoms with Crippen LogP contribution in [-0.4, -0.2) is 23.9 Å². The average Bonchev–Trinajstić information content (AvgIpc) is 2.33. The molecule has 0 N–H and O–H groups in total. The minimum atomic E-state index is 0.116. The predicted molar refractivity (Wildman–Crippen MR) is 68.5 cm³/mol. The Morgan fingerprint density at radius 1 is 1.38 bits per heavy atom. The minimum Gasteiger partial charge on any atom is -0.335 e. The molecule has 84 valence electrons. The lowest BCUT2D eigenvalue weighted by Gasteiger charge is -2.23. The lowest BCUT2D eigenvalue weighted by atomic mass is 10.1. The second-order valence-corrected chi connectivity index (χ2v) is 4.83. The van der Waals surface area contributed by atoms with E-state index < -0.39 is 0 Å². The van der Waals surface area contributed by atoms with Crippen LogP contribution in [-0.2, 0) is 0 Å². The number of carbonyl (C=O) groups excluding carboxylic acids is 1. The van der Waals surface area contributed by atoms with Gasteiger partial charge in [0.2, 0.25) is 0 Å². The standard InChI is InChI=1S/C13H14BrNO/c1-10-5-6-11(9-12(10)14)13(16)15-7-3-2-4-8-15/h2-3,5-6,9H,4,7-8H2,1H3. The van der Waals surface area contributed by atoms with Gasteiger partial charge in [0, 0.05) is 23.1 Å². The summed E-state index contributed by atoms with van der Waals surface area (Å²) in [6, 6.07) is 5.76. The Balaban J connectivity index is 2.20. The fourth-order valence-electron chi connectivity index (χ4n) is 1.73. The van der Waals surface area contributed by atoms with Crippen molar-refractivity contribution in [2.45, 2.75) is 13.3 Å². The van der Waals surface area contributed by atoms with Gasteiger partial charge in [-0.3, -0.25) is 4.79 Å². The normalized spacial score (nSPS) is 15.2. The van der Waals surface area contributed by atoms with Crippen LogP contribution in [0.15, 0.2) is 34.8 Å².